The molecule has 2 rings (SSSR count). The molecule has 0 amide bonds. The van der Waals surface area contributed by atoms with Gasteiger partial charge in [-0.1, -0.05) is 30.3 Å². The van der Waals surface area contributed by atoms with Crippen LogP contribution in [0.5, 0.6) is 5.75 Å². The van der Waals surface area contributed by atoms with Crippen LogP contribution < -0.4 is 16.2 Å². The number of halogens is 1. The molecule has 0 bridgehead atoms. The number of unbranched alkanes of at least 4 members (excludes halogenated alkanes) is 2. The largest absolute Gasteiger partial charge is 0.491 e. The number of nitrogens with two attached hydrogens (primary N) is 2. The number of nitrogen functional groups attached to an aromatic ring is 2. The summed E-state index contributed by atoms with van der Waals surface area (Å²) in [5.74, 6) is 0.524. The lowest BCUT2D eigenvalue weighted by Crippen LogP contribution is -2.10. The van der Waals surface area contributed by atoms with E-state index < -0.39 is 0 Å². The van der Waals surface area contributed by atoms with Gasteiger partial charge in [-0.25, -0.2) is 0 Å². The molecule has 5 N–H and O–H groups in total. The second kappa shape index (κ2) is 11.1. The first-order chi connectivity index (χ1) is 12.5. The molecule has 0 aliphatic heterocycles. The number of anilines is 1. The minimum absolute atomic E-state index is 0. The number of carbonyl (C=O) groups is 1. The Morgan fingerprint density at radius 2 is 1.70 bits per heavy atom. The van der Waals surface area contributed by atoms with Gasteiger partial charge in [-0.05, 0) is 42.5 Å². The molecule has 0 saturated heterocycles. The monoisotopic (exact) mass is 391 g/mol. The van der Waals surface area contributed by atoms with E-state index >= 15 is 0 Å². The standard InChI is InChI=1S/C20H25N3O3.ClH/c1-25-19(24)5-3-2-4-12-26-18-11-10-16(13-17(18)21)14-6-8-15(9-7-14)20(22)23;/h6-11,13H,2-5,12,21H2,1H3,(H3,22,23);1H. The number of hydrogen-bond acceptors (Lipinski definition) is 5. The van der Waals surface area contributed by atoms with Gasteiger partial charge in [-0.3, -0.25) is 10.2 Å². The predicted octanol–water partition coefficient (Wildman–Crippen LogP) is 3.75. The summed E-state index contributed by atoms with van der Waals surface area (Å²) in [6.45, 7) is 0.554. The topological polar surface area (TPSA) is 111 Å². The van der Waals surface area contributed by atoms with Crippen LogP contribution in [0, 0.1) is 5.41 Å². The number of carbonyl (C=O) groups excluding carboxylic acids is 1. The van der Waals surface area contributed by atoms with Crippen LogP contribution in [0.25, 0.3) is 11.1 Å². The van der Waals surface area contributed by atoms with Crippen molar-refractivity contribution in [2.45, 2.75) is 25.7 Å². The molecule has 7 heteroatoms. The summed E-state index contributed by atoms with van der Waals surface area (Å²) in [5.41, 5.74) is 14.8. The summed E-state index contributed by atoms with van der Waals surface area (Å²) in [6.07, 6.45) is 2.98. The number of nitrogens with one attached hydrogen (secondary N) is 1. The lowest BCUT2D eigenvalue weighted by molar-refractivity contribution is -0.140. The Kier molecular flexibility index (Phi) is 9.16. The maximum atomic E-state index is 11.0. The number of esters is 1. The van der Waals surface area contributed by atoms with Gasteiger partial charge >= 0.3 is 5.97 Å². The van der Waals surface area contributed by atoms with E-state index in [2.05, 4.69) is 4.74 Å². The number of ether oxygens (including phenoxy) is 2. The lowest BCUT2D eigenvalue weighted by atomic mass is 10.0. The van der Waals surface area contributed by atoms with Crippen molar-refractivity contribution in [3.05, 3.63) is 48.0 Å². The summed E-state index contributed by atoms with van der Waals surface area (Å²) in [4.78, 5) is 11.0. The molecule has 0 saturated carbocycles. The summed E-state index contributed by atoms with van der Waals surface area (Å²) in [5, 5.41) is 7.43. The Balaban J connectivity index is 0.00000364. The molecule has 0 fully saturated rings. The molecule has 6 nitrogen and oxygen atoms in total. The molecule has 2 aromatic carbocycles. The molecular weight excluding hydrogens is 366 g/mol. The van der Waals surface area contributed by atoms with E-state index in [-0.39, 0.29) is 24.2 Å². The third-order valence-electron chi connectivity index (χ3n) is 4.05. The first-order valence-corrected chi connectivity index (χ1v) is 8.55. The van der Waals surface area contributed by atoms with E-state index in [1.165, 1.54) is 7.11 Å². The SMILES string of the molecule is COC(=O)CCCCCOc1ccc(-c2ccc(C(=N)N)cc2)cc1N.Cl. The number of methoxy groups -OCH3 is 1. The molecule has 0 aliphatic carbocycles. The maximum Gasteiger partial charge on any atom is 0.305 e. The number of amidine groups is 1. The smallest absolute Gasteiger partial charge is 0.305 e. The van der Waals surface area contributed by atoms with Gasteiger partial charge in [0, 0.05) is 12.0 Å². The third-order valence-corrected chi connectivity index (χ3v) is 4.05. The van der Waals surface area contributed by atoms with E-state index in [1.54, 1.807) is 0 Å². The predicted molar refractivity (Wildman–Crippen MR) is 111 cm³/mol. The van der Waals surface area contributed by atoms with Crippen molar-refractivity contribution in [2.75, 3.05) is 19.5 Å². The Morgan fingerprint density at radius 1 is 1.04 bits per heavy atom. The molecule has 27 heavy (non-hydrogen) atoms. The second-order valence-electron chi connectivity index (χ2n) is 5.98. The highest BCUT2D eigenvalue weighted by atomic mass is 35.5. The van der Waals surface area contributed by atoms with Crippen molar-refractivity contribution >= 4 is 29.9 Å². The molecule has 0 aromatic heterocycles. The average Bonchev–Trinajstić information content (AvgIpc) is 2.65. The van der Waals surface area contributed by atoms with Gasteiger partial charge in [0.1, 0.15) is 11.6 Å². The first kappa shape index (κ1) is 22.3. The van der Waals surface area contributed by atoms with Crippen LogP contribution in [0.2, 0.25) is 0 Å². The van der Waals surface area contributed by atoms with Crippen molar-refractivity contribution in [3.63, 3.8) is 0 Å². The minimum Gasteiger partial charge on any atom is -0.491 e. The molecule has 146 valence electrons. The van der Waals surface area contributed by atoms with Crippen LogP contribution in [0.15, 0.2) is 42.5 Å². The van der Waals surface area contributed by atoms with Crippen molar-refractivity contribution < 1.29 is 14.3 Å². The van der Waals surface area contributed by atoms with Gasteiger partial charge in [-0.15, -0.1) is 12.4 Å². The van der Waals surface area contributed by atoms with E-state index in [9.17, 15) is 4.79 Å². The lowest BCUT2D eigenvalue weighted by Gasteiger charge is -2.11. The van der Waals surface area contributed by atoms with Crippen LogP contribution in [0.4, 0.5) is 5.69 Å². The highest BCUT2D eigenvalue weighted by Crippen LogP contribution is 2.29. The Morgan fingerprint density at radius 3 is 2.30 bits per heavy atom. The van der Waals surface area contributed by atoms with Crippen molar-refractivity contribution in [1.29, 1.82) is 5.41 Å². The molecule has 0 heterocycles. The van der Waals surface area contributed by atoms with Crippen molar-refractivity contribution in [2.24, 2.45) is 5.73 Å². The number of benzene rings is 2. The average molecular weight is 392 g/mol. The summed E-state index contributed by atoms with van der Waals surface area (Å²) >= 11 is 0. The number of rotatable bonds is 9. The van der Waals surface area contributed by atoms with Crippen molar-refractivity contribution in [3.8, 4) is 16.9 Å². The fraction of sp³-hybridized carbons (Fsp3) is 0.300. The molecular formula is C20H26ClN3O3. The summed E-state index contributed by atoms with van der Waals surface area (Å²) < 4.78 is 10.3. The Hall–Kier alpha value is -2.73. The van der Waals surface area contributed by atoms with Gasteiger partial charge < -0.3 is 20.9 Å². The van der Waals surface area contributed by atoms with Crippen molar-refractivity contribution in [1.82, 2.24) is 0 Å². The van der Waals surface area contributed by atoms with Crippen LogP contribution >= 0.6 is 12.4 Å². The van der Waals surface area contributed by atoms with Gasteiger partial charge in [-0.2, -0.15) is 0 Å². The first-order valence-electron chi connectivity index (χ1n) is 8.55. The zero-order valence-electron chi connectivity index (χ0n) is 15.4. The van der Waals surface area contributed by atoms with Crippen LogP contribution in [0.1, 0.15) is 31.2 Å². The Bertz CT molecular complexity index is 764. The Labute approximate surface area is 165 Å². The third kappa shape index (κ3) is 6.83. The maximum absolute atomic E-state index is 11.0. The summed E-state index contributed by atoms with van der Waals surface area (Å²) in [6, 6.07) is 13.1. The quantitative estimate of drug-likeness (QED) is 0.198. The molecule has 0 radical (unpaired) electrons. The highest BCUT2D eigenvalue weighted by Gasteiger charge is 2.05. The van der Waals surface area contributed by atoms with Crippen LogP contribution in [-0.4, -0.2) is 25.5 Å². The fourth-order valence-corrected chi connectivity index (χ4v) is 2.53. The van der Waals surface area contributed by atoms with Gasteiger partial charge in [0.25, 0.3) is 0 Å². The second-order valence-corrected chi connectivity index (χ2v) is 5.98. The van der Waals surface area contributed by atoms with E-state index in [0.29, 0.717) is 30.0 Å². The minimum atomic E-state index is -0.179. The fourth-order valence-electron chi connectivity index (χ4n) is 2.53. The van der Waals surface area contributed by atoms with Gasteiger partial charge in [0.15, 0.2) is 0 Å². The normalized spacial score (nSPS) is 9.96. The van der Waals surface area contributed by atoms with E-state index in [1.807, 2.05) is 42.5 Å². The highest BCUT2D eigenvalue weighted by molar-refractivity contribution is 5.95. The zero-order chi connectivity index (χ0) is 18.9. The van der Waals surface area contributed by atoms with Crippen LogP contribution in [-0.2, 0) is 9.53 Å². The zero-order valence-corrected chi connectivity index (χ0v) is 16.2. The van der Waals surface area contributed by atoms with Gasteiger partial charge in [0.2, 0.25) is 0 Å². The molecule has 0 atom stereocenters. The van der Waals surface area contributed by atoms with E-state index in [0.717, 1.165) is 30.4 Å². The number of hydrogen-bond donors (Lipinski definition) is 3. The molecule has 0 spiro atoms. The molecule has 0 aliphatic rings. The molecule has 0 unspecified atom stereocenters. The molecule has 2 aromatic rings. The van der Waals surface area contributed by atoms with E-state index in [4.69, 9.17) is 21.6 Å². The van der Waals surface area contributed by atoms with Gasteiger partial charge in [0.05, 0.1) is 19.4 Å². The summed E-state index contributed by atoms with van der Waals surface area (Å²) in [7, 11) is 1.40. The van der Waals surface area contributed by atoms with Crippen LogP contribution in [0.3, 0.4) is 0 Å².